The van der Waals surface area contributed by atoms with Gasteiger partial charge in [0.2, 0.25) is 0 Å². The van der Waals surface area contributed by atoms with Crippen molar-refractivity contribution in [3.63, 3.8) is 0 Å². The number of halogens is 2. The molecule has 5 heteroatoms. The molecule has 0 unspecified atom stereocenters. The Hall–Kier alpha value is -1.50. The van der Waals surface area contributed by atoms with Gasteiger partial charge in [0.05, 0.1) is 10.9 Å². The Labute approximate surface area is 110 Å². The van der Waals surface area contributed by atoms with Gasteiger partial charge in [-0.25, -0.2) is 9.37 Å². The second-order valence-electron chi connectivity index (χ2n) is 3.67. The molecule has 17 heavy (non-hydrogen) atoms. The van der Waals surface area contributed by atoms with E-state index in [2.05, 4.69) is 4.98 Å². The van der Waals surface area contributed by atoms with E-state index < -0.39 is 0 Å². The minimum Gasteiger partial charge on any atom is -0.286 e. The summed E-state index contributed by atoms with van der Waals surface area (Å²) in [5, 5.41) is 8.82. The van der Waals surface area contributed by atoms with Crippen molar-refractivity contribution < 1.29 is 4.39 Å². The fourth-order valence-corrected chi connectivity index (χ4v) is 2.67. The van der Waals surface area contributed by atoms with Crippen LogP contribution in [-0.4, -0.2) is 9.38 Å². The van der Waals surface area contributed by atoms with Gasteiger partial charge < -0.3 is 0 Å². The van der Waals surface area contributed by atoms with E-state index in [1.807, 2.05) is 34.7 Å². The number of nitrogens with one attached hydrogen (secondary N) is 1. The number of benzene rings is 1. The van der Waals surface area contributed by atoms with Crippen molar-refractivity contribution in [1.29, 1.82) is 5.41 Å². The molecule has 2 aromatic heterocycles. The molecule has 0 fully saturated rings. The molecule has 1 N–H and O–H groups in total. The average molecular weight is 339 g/mol. The zero-order valence-corrected chi connectivity index (χ0v) is 10.8. The Morgan fingerprint density at radius 2 is 2.12 bits per heavy atom. The smallest absolute Gasteiger partial charge is 0.141 e. The van der Waals surface area contributed by atoms with Crippen LogP contribution in [0.4, 0.5) is 4.39 Å². The Kier molecular flexibility index (Phi) is 2.36. The number of fused-ring (bicyclic) bond motifs is 2. The predicted molar refractivity (Wildman–Crippen MR) is 71.2 cm³/mol. The van der Waals surface area contributed by atoms with E-state index >= 15 is 0 Å². The first-order valence-corrected chi connectivity index (χ1v) is 6.05. The van der Waals surface area contributed by atoms with Crippen LogP contribution in [0.5, 0.6) is 0 Å². The van der Waals surface area contributed by atoms with Crippen LogP contribution in [0.15, 0.2) is 36.5 Å². The second-order valence-corrected chi connectivity index (χ2v) is 4.83. The Balaban J connectivity index is 2.64. The number of hydrogen-bond donors (Lipinski definition) is 1. The monoisotopic (exact) mass is 339 g/mol. The van der Waals surface area contributed by atoms with E-state index in [4.69, 9.17) is 5.41 Å². The summed E-state index contributed by atoms with van der Waals surface area (Å²) in [7, 11) is 0. The summed E-state index contributed by atoms with van der Waals surface area (Å²) < 4.78 is 15.7. The fourth-order valence-electron chi connectivity index (χ4n) is 1.84. The quantitative estimate of drug-likeness (QED) is 0.497. The molecule has 84 valence electrons. The first kappa shape index (κ1) is 10.6. The largest absolute Gasteiger partial charge is 0.286 e. The van der Waals surface area contributed by atoms with Gasteiger partial charge in [-0.05, 0) is 40.8 Å². The molecule has 3 nitrogen and oxygen atoms in total. The van der Waals surface area contributed by atoms with Gasteiger partial charge in [0.1, 0.15) is 17.0 Å². The molecule has 0 saturated heterocycles. The first-order valence-electron chi connectivity index (χ1n) is 4.97. The van der Waals surface area contributed by atoms with Crippen LogP contribution in [-0.2, 0) is 0 Å². The molecule has 0 saturated carbocycles. The first-order chi connectivity index (χ1) is 8.16. The highest BCUT2D eigenvalue weighted by Crippen LogP contribution is 2.18. The SMILES string of the molecule is N=c1c2c(I)cc(F)cc2nc2ccccn12. The summed E-state index contributed by atoms with van der Waals surface area (Å²) in [5.74, 6) is -0.325. The zero-order chi connectivity index (χ0) is 12.0. The van der Waals surface area contributed by atoms with Crippen molar-refractivity contribution in [1.82, 2.24) is 9.38 Å². The van der Waals surface area contributed by atoms with Crippen LogP contribution in [0.25, 0.3) is 16.6 Å². The molecular weight excluding hydrogens is 332 g/mol. The van der Waals surface area contributed by atoms with Gasteiger partial charge in [0.25, 0.3) is 0 Å². The molecule has 2 heterocycles. The van der Waals surface area contributed by atoms with Gasteiger partial charge >= 0.3 is 0 Å². The topological polar surface area (TPSA) is 41.2 Å². The number of pyridine rings is 1. The molecule has 3 rings (SSSR count). The third-order valence-electron chi connectivity index (χ3n) is 2.59. The maximum absolute atomic E-state index is 13.3. The Bertz CT molecular complexity index is 795. The van der Waals surface area contributed by atoms with Gasteiger partial charge in [-0.2, -0.15) is 0 Å². The standard InChI is InChI=1S/C12H7FIN3/c13-7-5-8(14)11-9(6-7)16-10-3-1-2-4-17(10)12(11)15/h1-6,15H. The van der Waals surface area contributed by atoms with Crippen molar-refractivity contribution in [3.05, 3.63) is 51.4 Å². The molecule has 1 aromatic carbocycles. The molecule has 0 radical (unpaired) electrons. The summed E-state index contributed by atoms with van der Waals surface area (Å²) in [5.41, 5.74) is 1.49. The van der Waals surface area contributed by atoms with Gasteiger partial charge in [0, 0.05) is 15.8 Å². The Morgan fingerprint density at radius 3 is 2.94 bits per heavy atom. The van der Waals surface area contributed by atoms with Gasteiger partial charge in [-0.3, -0.25) is 9.81 Å². The predicted octanol–water partition coefficient (Wildman–Crippen LogP) is 2.71. The molecule has 0 atom stereocenters. The van der Waals surface area contributed by atoms with Crippen molar-refractivity contribution in [3.8, 4) is 0 Å². The van der Waals surface area contributed by atoms with E-state index in [9.17, 15) is 4.39 Å². The maximum atomic E-state index is 13.3. The van der Waals surface area contributed by atoms with E-state index in [0.717, 1.165) is 0 Å². The molecule has 3 aromatic rings. The van der Waals surface area contributed by atoms with Crippen molar-refractivity contribution in [2.75, 3.05) is 0 Å². The normalized spacial score (nSPS) is 11.2. The molecule has 0 aliphatic carbocycles. The third kappa shape index (κ3) is 1.61. The van der Waals surface area contributed by atoms with Crippen LogP contribution in [0.1, 0.15) is 0 Å². The van der Waals surface area contributed by atoms with Crippen molar-refractivity contribution >= 4 is 39.1 Å². The minimum absolute atomic E-state index is 0.325. The van der Waals surface area contributed by atoms with Crippen molar-refractivity contribution in [2.45, 2.75) is 0 Å². The van der Waals surface area contributed by atoms with Crippen LogP contribution in [0, 0.1) is 14.8 Å². The van der Waals surface area contributed by atoms with Gasteiger partial charge in [0.15, 0.2) is 0 Å². The van der Waals surface area contributed by atoms with E-state index in [0.29, 0.717) is 25.6 Å². The van der Waals surface area contributed by atoms with E-state index in [1.54, 1.807) is 16.7 Å². The maximum Gasteiger partial charge on any atom is 0.141 e. The second kappa shape index (κ2) is 3.76. The molecule has 0 aliphatic rings. The van der Waals surface area contributed by atoms with E-state index in [-0.39, 0.29) is 5.82 Å². The Morgan fingerprint density at radius 1 is 1.29 bits per heavy atom. The van der Waals surface area contributed by atoms with Crippen LogP contribution >= 0.6 is 22.6 Å². The van der Waals surface area contributed by atoms with E-state index in [1.165, 1.54) is 12.1 Å². The molecule has 0 bridgehead atoms. The fraction of sp³-hybridized carbons (Fsp3) is 0. The number of rotatable bonds is 0. The highest BCUT2D eigenvalue weighted by Gasteiger charge is 2.07. The lowest BCUT2D eigenvalue weighted by atomic mass is 10.2. The average Bonchev–Trinajstić information content (AvgIpc) is 2.28. The molecule has 0 spiro atoms. The molecular formula is C12H7FIN3. The summed E-state index contributed by atoms with van der Waals surface area (Å²) in [4.78, 5) is 4.36. The third-order valence-corrected chi connectivity index (χ3v) is 3.44. The summed E-state index contributed by atoms with van der Waals surface area (Å²) in [6.45, 7) is 0. The van der Waals surface area contributed by atoms with Crippen LogP contribution in [0.2, 0.25) is 0 Å². The van der Waals surface area contributed by atoms with Crippen LogP contribution in [0.3, 0.4) is 0 Å². The molecule has 0 aliphatic heterocycles. The minimum atomic E-state index is -0.325. The number of aromatic nitrogens is 2. The lowest BCUT2D eigenvalue weighted by Gasteiger charge is -2.06. The summed E-state index contributed by atoms with van der Waals surface area (Å²) >= 11 is 2.03. The van der Waals surface area contributed by atoms with Crippen LogP contribution < -0.4 is 5.49 Å². The molecule has 0 amide bonds. The van der Waals surface area contributed by atoms with Gasteiger partial charge in [-0.1, -0.05) is 6.07 Å². The number of hydrogen-bond acceptors (Lipinski definition) is 2. The summed E-state index contributed by atoms with van der Waals surface area (Å²) in [6, 6.07) is 8.27. The zero-order valence-electron chi connectivity index (χ0n) is 8.61. The van der Waals surface area contributed by atoms with Gasteiger partial charge in [-0.15, -0.1) is 0 Å². The summed E-state index contributed by atoms with van der Waals surface area (Å²) in [6.07, 6.45) is 1.78. The lowest BCUT2D eigenvalue weighted by molar-refractivity contribution is 0.628. The highest BCUT2D eigenvalue weighted by atomic mass is 127. The van der Waals surface area contributed by atoms with Crippen molar-refractivity contribution in [2.24, 2.45) is 0 Å². The number of nitrogens with zero attached hydrogens (tertiary/aromatic N) is 2. The highest BCUT2D eigenvalue weighted by molar-refractivity contribution is 14.1. The lowest BCUT2D eigenvalue weighted by Crippen LogP contribution is -2.16.